The highest BCUT2D eigenvalue weighted by molar-refractivity contribution is 5.98. The van der Waals surface area contributed by atoms with E-state index in [-0.39, 0.29) is 23.1 Å². The van der Waals surface area contributed by atoms with Crippen LogP contribution in [-0.4, -0.2) is 30.2 Å². The van der Waals surface area contributed by atoms with E-state index in [0.29, 0.717) is 22.4 Å². The number of rotatable bonds is 4. The van der Waals surface area contributed by atoms with Crippen LogP contribution in [0.15, 0.2) is 36.4 Å². The lowest BCUT2D eigenvalue weighted by Gasteiger charge is -2.11. The number of methoxy groups -OCH3 is 2. The van der Waals surface area contributed by atoms with Gasteiger partial charge in [-0.15, -0.1) is 0 Å². The summed E-state index contributed by atoms with van der Waals surface area (Å²) in [5.74, 6) is 0.872. The number of anilines is 2. The first-order valence-corrected chi connectivity index (χ1v) is 7.28. The van der Waals surface area contributed by atoms with Crippen LogP contribution >= 0.6 is 0 Å². The van der Waals surface area contributed by atoms with Gasteiger partial charge in [0.1, 0.15) is 11.6 Å². The molecule has 0 aliphatic rings. The number of nitrogens with two attached hydrogens (primary N) is 2. The molecule has 1 heterocycles. The lowest BCUT2D eigenvalue weighted by Crippen LogP contribution is -2.10. The fraction of sp³-hybridized carbons (Fsp3) is 0.118. The average molecular weight is 340 g/mol. The van der Waals surface area contributed by atoms with Crippen molar-refractivity contribution in [3.05, 3.63) is 42.0 Å². The van der Waals surface area contributed by atoms with Gasteiger partial charge >= 0.3 is 5.97 Å². The minimum absolute atomic E-state index is 0.0708. The van der Waals surface area contributed by atoms with E-state index in [1.165, 1.54) is 14.2 Å². The third-order valence-electron chi connectivity index (χ3n) is 3.55. The Balaban J connectivity index is 1.95. The van der Waals surface area contributed by atoms with Crippen LogP contribution in [0.4, 0.5) is 11.8 Å². The Labute approximate surface area is 143 Å². The summed E-state index contributed by atoms with van der Waals surface area (Å²) in [5.41, 5.74) is 12.2. The van der Waals surface area contributed by atoms with Gasteiger partial charge < -0.3 is 25.7 Å². The second-order valence-electron chi connectivity index (χ2n) is 5.11. The van der Waals surface area contributed by atoms with Crippen LogP contribution < -0.4 is 25.7 Å². The van der Waals surface area contributed by atoms with Gasteiger partial charge in [-0.3, -0.25) is 0 Å². The summed E-state index contributed by atoms with van der Waals surface area (Å²) in [6, 6.07) is 9.67. The average Bonchev–Trinajstić information content (AvgIpc) is 2.61. The first kappa shape index (κ1) is 16.3. The van der Waals surface area contributed by atoms with Crippen molar-refractivity contribution >= 4 is 28.6 Å². The van der Waals surface area contributed by atoms with E-state index in [0.717, 1.165) is 0 Å². The molecule has 0 bridgehead atoms. The standard InChI is InChI=1S/C17H16N4O4/c1-23-10-4-6-13(24-2)14(8-10)25-16(22)9-3-5-12-11(7-9)15(18)21-17(19)20-12/h3-8H,1-2H3,(H4,18,19,20,21). The molecule has 0 fully saturated rings. The Morgan fingerprint density at radius 3 is 2.48 bits per heavy atom. The van der Waals surface area contributed by atoms with Crippen LogP contribution in [0, 0.1) is 0 Å². The quantitative estimate of drug-likeness (QED) is 0.546. The minimum Gasteiger partial charge on any atom is -0.497 e. The van der Waals surface area contributed by atoms with Gasteiger partial charge in [0.25, 0.3) is 0 Å². The molecule has 8 heteroatoms. The summed E-state index contributed by atoms with van der Waals surface area (Å²) >= 11 is 0. The maximum atomic E-state index is 12.5. The van der Waals surface area contributed by atoms with Crippen LogP contribution in [0.1, 0.15) is 10.4 Å². The Morgan fingerprint density at radius 2 is 1.76 bits per heavy atom. The zero-order chi connectivity index (χ0) is 18.0. The summed E-state index contributed by atoms with van der Waals surface area (Å²) in [5, 5.41) is 0.515. The molecule has 128 valence electrons. The highest BCUT2D eigenvalue weighted by Gasteiger charge is 2.15. The Hall–Kier alpha value is -3.55. The number of nitrogen functional groups attached to an aromatic ring is 2. The highest BCUT2D eigenvalue weighted by atomic mass is 16.6. The van der Waals surface area contributed by atoms with Crippen LogP contribution in [0.3, 0.4) is 0 Å². The van der Waals surface area contributed by atoms with E-state index >= 15 is 0 Å². The maximum absolute atomic E-state index is 12.5. The molecule has 1 aromatic heterocycles. The molecule has 0 amide bonds. The smallest absolute Gasteiger partial charge is 0.343 e. The van der Waals surface area contributed by atoms with Crippen LogP contribution in [0.2, 0.25) is 0 Å². The normalized spacial score (nSPS) is 10.5. The number of nitrogens with zero attached hydrogens (tertiary/aromatic N) is 2. The third-order valence-corrected chi connectivity index (χ3v) is 3.55. The van der Waals surface area contributed by atoms with E-state index < -0.39 is 5.97 Å². The van der Waals surface area contributed by atoms with E-state index in [9.17, 15) is 4.79 Å². The molecule has 0 atom stereocenters. The first-order valence-electron chi connectivity index (χ1n) is 7.28. The first-order chi connectivity index (χ1) is 12.0. The fourth-order valence-electron chi connectivity index (χ4n) is 2.32. The Kier molecular flexibility index (Phi) is 4.25. The summed E-state index contributed by atoms with van der Waals surface area (Å²) < 4.78 is 15.8. The van der Waals surface area contributed by atoms with Gasteiger partial charge in [0, 0.05) is 11.5 Å². The van der Waals surface area contributed by atoms with Gasteiger partial charge in [0.2, 0.25) is 5.95 Å². The zero-order valence-electron chi connectivity index (χ0n) is 13.6. The van der Waals surface area contributed by atoms with Crippen LogP contribution in [0.5, 0.6) is 17.2 Å². The minimum atomic E-state index is -0.579. The fourth-order valence-corrected chi connectivity index (χ4v) is 2.32. The zero-order valence-corrected chi connectivity index (χ0v) is 13.6. The molecule has 0 aliphatic carbocycles. The predicted octanol–water partition coefficient (Wildman–Crippen LogP) is 2.03. The molecule has 8 nitrogen and oxygen atoms in total. The Bertz CT molecular complexity index is 959. The largest absolute Gasteiger partial charge is 0.497 e. The highest BCUT2D eigenvalue weighted by Crippen LogP contribution is 2.32. The second-order valence-corrected chi connectivity index (χ2v) is 5.11. The number of hydrogen-bond donors (Lipinski definition) is 2. The van der Waals surface area contributed by atoms with Gasteiger partial charge in [0.15, 0.2) is 11.5 Å². The number of carbonyl (C=O) groups excluding carboxylic acids is 1. The molecule has 0 saturated carbocycles. The van der Waals surface area contributed by atoms with Gasteiger partial charge in [-0.2, -0.15) is 4.98 Å². The Morgan fingerprint density at radius 1 is 0.960 bits per heavy atom. The molecule has 0 aliphatic heterocycles. The van der Waals surface area contributed by atoms with Crippen molar-refractivity contribution in [1.29, 1.82) is 0 Å². The number of benzene rings is 2. The van der Waals surface area contributed by atoms with E-state index in [4.69, 9.17) is 25.7 Å². The number of carbonyl (C=O) groups is 1. The molecule has 0 spiro atoms. The van der Waals surface area contributed by atoms with E-state index in [2.05, 4.69) is 9.97 Å². The summed E-state index contributed by atoms with van der Waals surface area (Å²) in [6.45, 7) is 0. The topological polar surface area (TPSA) is 123 Å². The molecule has 0 radical (unpaired) electrons. The van der Waals surface area contributed by atoms with E-state index in [1.807, 2.05) is 0 Å². The molecule has 25 heavy (non-hydrogen) atoms. The van der Waals surface area contributed by atoms with Crippen LogP contribution in [0.25, 0.3) is 10.9 Å². The van der Waals surface area contributed by atoms with Gasteiger partial charge in [-0.05, 0) is 30.3 Å². The molecule has 2 aromatic carbocycles. The van der Waals surface area contributed by atoms with E-state index in [1.54, 1.807) is 36.4 Å². The monoisotopic (exact) mass is 340 g/mol. The van der Waals surface area contributed by atoms with Crippen molar-refractivity contribution in [3.8, 4) is 17.2 Å². The lowest BCUT2D eigenvalue weighted by atomic mass is 10.1. The molecule has 3 rings (SSSR count). The van der Waals surface area contributed by atoms with Crippen molar-refractivity contribution in [3.63, 3.8) is 0 Å². The lowest BCUT2D eigenvalue weighted by molar-refractivity contribution is 0.0729. The molecule has 0 saturated heterocycles. The third kappa shape index (κ3) is 3.23. The van der Waals surface area contributed by atoms with Gasteiger partial charge in [-0.1, -0.05) is 0 Å². The van der Waals surface area contributed by atoms with Gasteiger partial charge in [0.05, 0.1) is 25.3 Å². The molecular weight excluding hydrogens is 324 g/mol. The summed E-state index contributed by atoms with van der Waals surface area (Å²) in [7, 11) is 3.00. The molecule has 3 aromatic rings. The van der Waals surface area contributed by atoms with Crippen molar-refractivity contribution in [2.75, 3.05) is 25.7 Å². The second kappa shape index (κ2) is 6.52. The number of aromatic nitrogens is 2. The molecular formula is C17H16N4O4. The SMILES string of the molecule is COc1ccc(OC)c(OC(=O)c2ccc3nc(N)nc(N)c3c2)c1. The van der Waals surface area contributed by atoms with Crippen LogP contribution in [-0.2, 0) is 0 Å². The van der Waals surface area contributed by atoms with Gasteiger partial charge in [-0.25, -0.2) is 9.78 Å². The predicted molar refractivity (Wildman–Crippen MR) is 92.9 cm³/mol. The number of fused-ring (bicyclic) bond motifs is 1. The van der Waals surface area contributed by atoms with Crippen molar-refractivity contribution < 1.29 is 19.0 Å². The van der Waals surface area contributed by atoms with Crippen molar-refractivity contribution in [2.24, 2.45) is 0 Å². The molecule has 4 N–H and O–H groups in total. The van der Waals surface area contributed by atoms with Crippen molar-refractivity contribution in [1.82, 2.24) is 9.97 Å². The molecule has 0 unspecified atom stereocenters. The summed E-state index contributed by atoms with van der Waals surface area (Å²) in [4.78, 5) is 20.4. The number of ether oxygens (including phenoxy) is 3. The van der Waals surface area contributed by atoms with Crippen molar-refractivity contribution in [2.45, 2.75) is 0 Å². The maximum Gasteiger partial charge on any atom is 0.343 e. The summed E-state index contributed by atoms with van der Waals surface area (Å²) in [6.07, 6.45) is 0. The number of esters is 1. The number of hydrogen-bond acceptors (Lipinski definition) is 8.